The zero-order chi connectivity index (χ0) is 22.7. The van der Waals surface area contributed by atoms with Crippen LogP contribution in [0, 0.1) is 0 Å². The van der Waals surface area contributed by atoms with Crippen LogP contribution in [0.2, 0.25) is 0 Å². The van der Waals surface area contributed by atoms with Gasteiger partial charge in [0.05, 0.1) is 30.8 Å². The highest BCUT2D eigenvalue weighted by Gasteiger charge is 2.18. The summed E-state index contributed by atoms with van der Waals surface area (Å²) in [6, 6.07) is 13.6. The Hall–Kier alpha value is -2.90. The van der Waals surface area contributed by atoms with E-state index in [4.69, 9.17) is 9.47 Å². The van der Waals surface area contributed by atoms with Gasteiger partial charge in [-0.05, 0) is 48.2 Å². The van der Waals surface area contributed by atoms with Gasteiger partial charge < -0.3 is 19.8 Å². The Morgan fingerprint density at radius 2 is 1.91 bits per heavy atom. The van der Waals surface area contributed by atoms with Crippen LogP contribution in [0.25, 0.3) is 11.0 Å². The van der Waals surface area contributed by atoms with Gasteiger partial charge in [-0.2, -0.15) is 0 Å². The molecule has 3 aromatic rings. The highest BCUT2D eigenvalue weighted by Crippen LogP contribution is 2.25. The Morgan fingerprint density at radius 1 is 1.19 bits per heavy atom. The molecule has 2 N–H and O–H groups in total. The summed E-state index contributed by atoms with van der Waals surface area (Å²) in [6.07, 6.45) is -0.621. The number of aromatic nitrogens is 2. The third-order valence-corrected chi connectivity index (χ3v) is 5.68. The number of imidazole rings is 1. The average molecular weight is 437 g/mol. The monoisotopic (exact) mass is 436 g/mol. The highest BCUT2D eigenvalue weighted by molar-refractivity contribution is 5.95. The van der Waals surface area contributed by atoms with Crippen molar-refractivity contribution in [3.8, 4) is 5.75 Å². The molecule has 2 aromatic carbocycles. The van der Waals surface area contributed by atoms with Gasteiger partial charge in [-0.1, -0.05) is 32.9 Å². The maximum Gasteiger partial charge on any atom is 0.265 e. The number of hydrogen-bond donors (Lipinski definition) is 2. The normalized spacial score (nSPS) is 16.1. The molecule has 1 saturated heterocycles. The molecule has 7 heteroatoms. The van der Waals surface area contributed by atoms with E-state index in [0.29, 0.717) is 11.4 Å². The Bertz CT molecular complexity index is 1060. The van der Waals surface area contributed by atoms with E-state index < -0.39 is 6.10 Å². The maximum absolute atomic E-state index is 12.7. The van der Waals surface area contributed by atoms with Crippen LogP contribution in [-0.4, -0.2) is 53.2 Å². The van der Waals surface area contributed by atoms with Crippen LogP contribution in [-0.2, 0) is 21.5 Å². The van der Waals surface area contributed by atoms with Gasteiger partial charge in [0.25, 0.3) is 5.91 Å². The van der Waals surface area contributed by atoms with Crippen molar-refractivity contribution in [2.75, 3.05) is 31.6 Å². The van der Waals surface area contributed by atoms with E-state index in [0.717, 1.165) is 49.7 Å². The number of anilines is 1. The number of hydrogen-bond acceptors (Lipinski definition) is 5. The summed E-state index contributed by atoms with van der Waals surface area (Å²) in [5, 5.41) is 2.94. The molecule has 32 heavy (non-hydrogen) atoms. The lowest BCUT2D eigenvalue weighted by Crippen LogP contribution is -2.35. The Labute approximate surface area is 189 Å². The first-order chi connectivity index (χ1) is 15.3. The predicted molar refractivity (Wildman–Crippen MR) is 126 cm³/mol. The second-order valence-corrected chi connectivity index (χ2v) is 9.33. The lowest BCUT2D eigenvalue weighted by Gasteiger charge is -2.25. The van der Waals surface area contributed by atoms with E-state index in [1.165, 1.54) is 5.56 Å². The van der Waals surface area contributed by atoms with Crippen LogP contribution in [0.4, 0.5) is 5.69 Å². The molecule has 4 rings (SSSR count). The maximum atomic E-state index is 12.7. The van der Waals surface area contributed by atoms with Gasteiger partial charge in [-0.15, -0.1) is 0 Å². The van der Waals surface area contributed by atoms with Crippen LogP contribution in [0.3, 0.4) is 0 Å². The summed E-state index contributed by atoms with van der Waals surface area (Å²) >= 11 is 0. The molecular weight excluding hydrogens is 404 g/mol. The molecule has 170 valence electrons. The standard InChI is InChI=1S/C25H32N4O3/c1-17(32-20-8-5-18(6-9-20)25(2,3)4)24(30)26-19-7-10-21-22(15-19)28-23(27-21)16-29-11-13-31-14-12-29/h5-10,15,17H,11-14,16H2,1-4H3,(H,26,30)(H,27,28). The molecule has 7 nitrogen and oxygen atoms in total. The van der Waals surface area contributed by atoms with Crippen molar-refractivity contribution in [1.82, 2.24) is 14.9 Å². The minimum absolute atomic E-state index is 0.0783. The third kappa shape index (κ3) is 5.47. The van der Waals surface area contributed by atoms with Crippen molar-refractivity contribution < 1.29 is 14.3 Å². The van der Waals surface area contributed by atoms with Crippen molar-refractivity contribution in [2.24, 2.45) is 0 Å². The number of carbonyl (C=O) groups is 1. The molecule has 0 spiro atoms. The Balaban J connectivity index is 1.37. The minimum atomic E-state index is -0.621. The van der Waals surface area contributed by atoms with Gasteiger partial charge in [0.2, 0.25) is 0 Å². The van der Waals surface area contributed by atoms with Crippen molar-refractivity contribution in [3.05, 3.63) is 53.9 Å². The van der Waals surface area contributed by atoms with Gasteiger partial charge in [0.1, 0.15) is 11.6 Å². The number of benzene rings is 2. The number of ether oxygens (including phenoxy) is 2. The van der Waals surface area contributed by atoms with Gasteiger partial charge in [0.15, 0.2) is 6.10 Å². The number of fused-ring (bicyclic) bond motifs is 1. The second kappa shape index (κ2) is 9.30. The van der Waals surface area contributed by atoms with E-state index in [1.807, 2.05) is 42.5 Å². The molecule has 2 heterocycles. The molecule has 1 amide bonds. The molecule has 0 radical (unpaired) electrons. The zero-order valence-corrected chi connectivity index (χ0v) is 19.3. The quantitative estimate of drug-likeness (QED) is 0.608. The summed E-state index contributed by atoms with van der Waals surface area (Å²) in [5.41, 5.74) is 3.80. The van der Waals surface area contributed by atoms with E-state index >= 15 is 0 Å². The molecule has 1 unspecified atom stereocenters. The fourth-order valence-electron chi connectivity index (χ4n) is 3.72. The summed E-state index contributed by atoms with van der Waals surface area (Å²) in [5.74, 6) is 1.40. The number of aromatic amines is 1. The summed E-state index contributed by atoms with van der Waals surface area (Å²) < 4.78 is 11.2. The molecule has 1 aliphatic rings. The first kappa shape index (κ1) is 22.3. The van der Waals surface area contributed by atoms with Gasteiger partial charge in [-0.3, -0.25) is 9.69 Å². The number of rotatable bonds is 6. The first-order valence-electron chi connectivity index (χ1n) is 11.1. The molecule has 0 bridgehead atoms. The van der Waals surface area contributed by atoms with Crippen LogP contribution >= 0.6 is 0 Å². The van der Waals surface area contributed by atoms with Gasteiger partial charge >= 0.3 is 0 Å². The minimum Gasteiger partial charge on any atom is -0.481 e. The molecule has 0 aliphatic carbocycles. The van der Waals surface area contributed by atoms with E-state index in [1.54, 1.807) is 6.92 Å². The van der Waals surface area contributed by atoms with Crippen LogP contribution in [0.1, 0.15) is 39.1 Å². The molecule has 1 fully saturated rings. The lowest BCUT2D eigenvalue weighted by molar-refractivity contribution is -0.122. The van der Waals surface area contributed by atoms with Gasteiger partial charge in [0, 0.05) is 18.8 Å². The SMILES string of the molecule is CC(Oc1ccc(C(C)(C)C)cc1)C(=O)Nc1ccc2nc(CN3CCOCC3)[nH]c2c1. The molecule has 1 aliphatic heterocycles. The lowest BCUT2D eigenvalue weighted by atomic mass is 9.87. The fourth-order valence-corrected chi connectivity index (χ4v) is 3.72. The third-order valence-electron chi connectivity index (χ3n) is 5.68. The highest BCUT2D eigenvalue weighted by atomic mass is 16.5. The van der Waals surface area contributed by atoms with Gasteiger partial charge in [-0.25, -0.2) is 4.98 Å². The number of amides is 1. The molecule has 1 aromatic heterocycles. The number of nitrogens with zero attached hydrogens (tertiary/aromatic N) is 2. The van der Waals surface area contributed by atoms with Crippen LogP contribution in [0.15, 0.2) is 42.5 Å². The van der Waals surface area contributed by atoms with Crippen LogP contribution in [0.5, 0.6) is 5.75 Å². The van der Waals surface area contributed by atoms with Crippen molar-refractivity contribution in [3.63, 3.8) is 0 Å². The van der Waals surface area contributed by atoms with E-state index in [-0.39, 0.29) is 11.3 Å². The van der Waals surface area contributed by atoms with E-state index in [9.17, 15) is 4.79 Å². The van der Waals surface area contributed by atoms with Crippen molar-refractivity contribution in [2.45, 2.75) is 45.8 Å². The number of H-pyrrole nitrogens is 1. The predicted octanol–water partition coefficient (Wildman–Crippen LogP) is 4.10. The second-order valence-electron chi connectivity index (χ2n) is 9.33. The van der Waals surface area contributed by atoms with Crippen LogP contribution < -0.4 is 10.1 Å². The number of morpholine rings is 1. The molecule has 1 atom stereocenters. The Kier molecular flexibility index (Phi) is 6.48. The number of nitrogens with one attached hydrogen (secondary N) is 2. The fraction of sp³-hybridized carbons (Fsp3) is 0.440. The smallest absolute Gasteiger partial charge is 0.265 e. The largest absolute Gasteiger partial charge is 0.481 e. The summed E-state index contributed by atoms with van der Waals surface area (Å²) in [4.78, 5) is 23.0. The summed E-state index contributed by atoms with van der Waals surface area (Å²) in [6.45, 7) is 12.4. The number of carbonyl (C=O) groups excluding carboxylic acids is 1. The first-order valence-corrected chi connectivity index (χ1v) is 11.1. The molecular formula is C25H32N4O3. The molecule has 0 saturated carbocycles. The van der Waals surface area contributed by atoms with Crippen molar-refractivity contribution >= 4 is 22.6 Å². The summed E-state index contributed by atoms with van der Waals surface area (Å²) in [7, 11) is 0. The topological polar surface area (TPSA) is 79.5 Å². The van der Waals surface area contributed by atoms with Crippen molar-refractivity contribution in [1.29, 1.82) is 0 Å². The average Bonchev–Trinajstić information content (AvgIpc) is 3.15. The van der Waals surface area contributed by atoms with E-state index in [2.05, 4.69) is 41.0 Å². The Morgan fingerprint density at radius 3 is 2.59 bits per heavy atom. The zero-order valence-electron chi connectivity index (χ0n) is 19.3.